The first-order valence-electron chi connectivity index (χ1n) is 20.7. The monoisotopic (exact) mass is 796 g/mol. The van der Waals surface area contributed by atoms with E-state index in [4.69, 9.17) is 16.0 Å². The second-order valence-corrected chi connectivity index (χ2v) is 17.2. The van der Waals surface area contributed by atoms with Crippen LogP contribution in [0.2, 0.25) is 0 Å². The van der Waals surface area contributed by atoms with E-state index in [0.29, 0.717) is 12.0 Å². The van der Waals surface area contributed by atoms with Crippen LogP contribution in [0.1, 0.15) is 41.6 Å². The maximum atomic E-state index is 10.0. The minimum atomic E-state index is -0.329. The molecule has 1 aliphatic heterocycles. The van der Waals surface area contributed by atoms with Gasteiger partial charge in [0.2, 0.25) is 0 Å². The number of hydrogen-bond acceptors (Lipinski definition) is 4. The van der Waals surface area contributed by atoms with Gasteiger partial charge in [-0.3, -0.25) is 4.99 Å². The average Bonchev–Trinajstić information content (AvgIpc) is 3.86. The van der Waals surface area contributed by atoms with E-state index < -0.39 is 0 Å². The van der Waals surface area contributed by atoms with Gasteiger partial charge in [0, 0.05) is 42.1 Å². The Hall–Kier alpha value is -7.58. The molecule has 11 aromatic rings. The molecule has 0 fully saturated rings. The molecule has 0 amide bonds. The predicted octanol–water partition coefficient (Wildman–Crippen LogP) is 15.9. The highest BCUT2D eigenvalue weighted by atomic mass is 32.1. The van der Waals surface area contributed by atoms with Gasteiger partial charge in [0.05, 0.1) is 23.4 Å². The van der Waals surface area contributed by atoms with Gasteiger partial charge in [0.15, 0.2) is 0 Å². The molecule has 61 heavy (non-hydrogen) atoms. The van der Waals surface area contributed by atoms with E-state index in [-0.39, 0.29) is 6.04 Å². The summed E-state index contributed by atoms with van der Waals surface area (Å²) in [6, 6.07) is 62.3. The molecule has 0 spiro atoms. The minimum absolute atomic E-state index is 0.329. The average molecular weight is 797 g/mol. The summed E-state index contributed by atoms with van der Waals surface area (Å²) in [5.74, 6) is 0. The topological polar surface area (TPSA) is 49.3 Å². The number of allylic oxidation sites excluding steroid dienone is 2. The summed E-state index contributed by atoms with van der Waals surface area (Å²) in [5.41, 5.74) is 11.8. The molecular weight excluding hydrogens is 761 g/mol. The van der Waals surface area contributed by atoms with E-state index in [1.807, 2.05) is 29.5 Å². The Balaban J connectivity index is 1.08. The van der Waals surface area contributed by atoms with Gasteiger partial charge < -0.3 is 4.42 Å². The van der Waals surface area contributed by atoms with E-state index in [1.54, 1.807) is 0 Å². The summed E-state index contributed by atoms with van der Waals surface area (Å²) in [5, 5.41) is 22.1. The van der Waals surface area contributed by atoms with Crippen LogP contribution in [0.15, 0.2) is 197 Å². The van der Waals surface area contributed by atoms with Crippen molar-refractivity contribution in [2.75, 3.05) is 0 Å². The van der Waals surface area contributed by atoms with Crippen LogP contribution in [0, 0.1) is 11.3 Å². The van der Waals surface area contributed by atoms with Crippen LogP contribution >= 0.6 is 11.3 Å². The SMILES string of the molecule is C=C1CC(c2cccc3oc4cccc(-c5cccc6c5sc5ccccc56)c4c23)=C(C)C(c2cccc(C#N)c2)=NC1c1ccc2c3ccccc3c3ccccc3c2c1. The smallest absolute Gasteiger partial charge is 0.136 e. The van der Waals surface area contributed by atoms with E-state index in [1.165, 1.54) is 58.1 Å². The molecule has 1 atom stereocenters. The van der Waals surface area contributed by atoms with Crippen LogP contribution < -0.4 is 0 Å². The van der Waals surface area contributed by atoms with Gasteiger partial charge in [0.25, 0.3) is 0 Å². The molecule has 0 N–H and O–H groups in total. The predicted molar refractivity (Wildman–Crippen MR) is 258 cm³/mol. The molecule has 2 aromatic heterocycles. The molecular formula is C57H36N2OS. The second kappa shape index (κ2) is 13.7. The normalized spacial score (nSPS) is 14.8. The van der Waals surface area contributed by atoms with Crippen molar-refractivity contribution in [1.29, 1.82) is 5.26 Å². The fourth-order valence-electron chi connectivity index (χ4n) is 9.95. The lowest BCUT2D eigenvalue weighted by atomic mass is 9.86. The largest absolute Gasteiger partial charge is 0.456 e. The van der Waals surface area contributed by atoms with Crippen LogP contribution in [-0.2, 0) is 0 Å². The Bertz CT molecular complexity index is 3760. The van der Waals surface area contributed by atoms with Crippen molar-refractivity contribution in [3.05, 3.63) is 210 Å². The quantitative estimate of drug-likeness (QED) is 0.132. The lowest BCUT2D eigenvalue weighted by Crippen LogP contribution is -2.07. The summed E-state index contributed by atoms with van der Waals surface area (Å²) in [4.78, 5) is 5.66. The van der Waals surface area contributed by atoms with Crippen molar-refractivity contribution < 1.29 is 4.42 Å². The van der Waals surface area contributed by atoms with Crippen molar-refractivity contribution in [3.8, 4) is 17.2 Å². The number of furan rings is 1. The number of benzene rings is 9. The fourth-order valence-corrected chi connectivity index (χ4v) is 11.2. The summed E-state index contributed by atoms with van der Waals surface area (Å²) < 4.78 is 9.29. The first kappa shape index (κ1) is 35.4. The number of thiophene rings is 1. The summed E-state index contributed by atoms with van der Waals surface area (Å²) in [6.07, 6.45) is 0.609. The zero-order valence-electron chi connectivity index (χ0n) is 33.4. The van der Waals surface area contributed by atoms with Gasteiger partial charge in [-0.05, 0) is 115 Å². The van der Waals surface area contributed by atoms with Crippen molar-refractivity contribution in [2.24, 2.45) is 4.99 Å². The van der Waals surface area contributed by atoms with Crippen molar-refractivity contribution in [2.45, 2.75) is 19.4 Å². The Labute approximate surface area is 356 Å². The number of nitrogens with zero attached hydrogens (tertiary/aromatic N) is 2. The molecule has 286 valence electrons. The Morgan fingerprint density at radius 1 is 0.590 bits per heavy atom. The van der Waals surface area contributed by atoms with Crippen LogP contribution in [0.3, 0.4) is 0 Å². The standard InChI is InChI=1S/C57H36N2OS/c1-33-29-48(45-21-12-25-51-54(45)53-44(20-11-24-50(53)60-51)47-23-10-22-46-43-19-7-8-26-52(43)61-57(46)47)34(2)56(36-14-9-13-35(30-36)32-58)59-55(33)37-27-28-42-40-17-4-3-15-38(40)39-16-5-6-18-41(39)49(42)31-37/h3-28,30-31,55H,1,29H2,2H3. The first-order chi connectivity index (χ1) is 30.0. The Morgan fingerprint density at radius 3 is 1.92 bits per heavy atom. The molecule has 4 heteroatoms. The summed E-state index contributed by atoms with van der Waals surface area (Å²) in [7, 11) is 0. The maximum absolute atomic E-state index is 10.0. The lowest BCUT2D eigenvalue weighted by molar-refractivity contribution is 0.669. The molecule has 1 unspecified atom stereocenters. The molecule has 0 aliphatic carbocycles. The molecule has 0 bridgehead atoms. The molecule has 0 radical (unpaired) electrons. The van der Waals surface area contributed by atoms with Gasteiger partial charge in [-0.25, -0.2) is 0 Å². The first-order valence-corrected chi connectivity index (χ1v) is 21.5. The molecule has 3 heterocycles. The number of aliphatic imine (C=N–C) groups is 1. The Kier molecular flexibility index (Phi) is 7.97. The zero-order chi connectivity index (χ0) is 40.8. The van der Waals surface area contributed by atoms with Crippen molar-refractivity contribution >= 4 is 97.0 Å². The molecule has 9 aromatic carbocycles. The number of rotatable bonds is 4. The highest BCUT2D eigenvalue weighted by Crippen LogP contribution is 2.48. The third-order valence-corrected chi connectivity index (χ3v) is 14.0. The van der Waals surface area contributed by atoms with Crippen molar-refractivity contribution in [1.82, 2.24) is 0 Å². The number of fused-ring (bicyclic) bond motifs is 12. The molecule has 0 saturated heterocycles. The second-order valence-electron chi connectivity index (χ2n) is 16.1. The molecule has 3 nitrogen and oxygen atoms in total. The van der Waals surface area contributed by atoms with Crippen molar-refractivity contribution in [3.63, 3.8) is 0 Å². The highest BCUT2D eigenvalue weighted by Gasteiger charge is 2.28. The van der Waals surface area contributed by atoms with Gasteiger partial charge in [0.1, 0.15) is 11.2 Å². The molecule has 1 aliphatic rings. The summed E-state index contributed by atoms with van der Waals surface area (Å²) >= 11 is 1.85. The van der Waals surface area contributed by atoms with Gasteiger partial charge in [-0.1, -0.05) is 140 Å². The van der Waals surface area contributed by atoms with E-state index in [0.717, 1.165) is 66.6 Å². The zero-order valence-corrected chi connectivity index (χ0v) is 34.2. The van der Waals surface area contributed by atoms with Crippen LogP contribution in [0.4, 0.5) is 0 Å². The fraction of sp³-hybridized carbons (Fsp3) is 0.0526. The van der Waals surface area contributed by atoms with Gasteiger partial charge >= 0.3 is 0 Å². The third-order valence-electron chi connectivity index (χ3n) is 12.7. The van der Waals surface area contributed by atoms with Crippen LogP contribution in [0.25, 0.3) is 91.1 Å². The van der Waals surface area contributed by atoms with E-state index >= 15 is 0 Å². The van der Waals surface area contributed by atoms with E-state index in [2.05, 4.69) is 165 Å². The van der Waals surface area contributed by atoms with E-state index in [9.17, 15) is 5.26 Å². The van der Waals surface area contributed by atoms with Crippen LogP contribution in [0.5, 0.6) is 0 Å². The lowest BCUT2D eigenvalue weighted by Gasteiger charge is -2.18. The Morgan fingerprint density at radius 2 is 1.18 bits per heavy atom. The third kappa shape index (κ3) is 5.45. The highest BCUT2D eigenvalue weighted by molar-refractivity contribution is 7.26. The van der Waals surface area contributed by atoms with Gasteiger partial charge in [-0.2, -0.15) is 5.26 Å². The summed E-state index contributed by atoms with van der Waals surface area (Å²) in [6.45, 7) is 7.01. The number of hydrogen-bond donors (Lipinski definition) is 0. The maximum Gasteiger partial charge on any atom is 0.136 e. The van der Waals surface area contributed by atoms with Gasteiger partial charge in [-0.15, -0.1) is 11.3 Å². The number of nitriles is 1. The van der Waals surface area contributed by atoms with Crippen LogP contribution in [-0.4, -0.2) is 5.71 Å². The molecule has 0 saturated carbocycles. The molecule has 12 rings (SSSR count). The minimum Gasteiger partial charge on any atom is -0.456 e.